The quantitative estimate of drug-likeness (QED) is 0.814. The molecule has 2 N–H and O–H groups in total. The maximum atomic E-state index is 12.3. The first-order valence-corrected chi connectivity index (χ1v) is 9.45. The summed E-state index contributed by atoms with van der Waals surface area (Å²) < 4.78 is 1.55. The lowest BCUT2D eigenvalue weighted by atomic mass is 9.97. The molecule has 24 heavy (non-hydrogen) atoms. The van der Waals surface area contributed by atoms with E-state index in [9.17, 15) is 4.79 Å². The zero-order valence-corrected chi connectivity index (χ0v) is 14.6. The van der Waals surface area contributed by atoms with Crippen LogP contribution in [0.15, 0.2) is 52.3 Å². The fourth-order valence-electron chi connectivity index (χ4n) is 2.96. The first-order chi connectivity index (χ1) is 11.8. The van der Waals surface area contributed by atoms with Crippen molar-refractivity contribution in [3.63, 3.8) is 0 Å². The second-order valence-electron chi connectivity index (χ2n) is 6.10. The lowest BCUT2D eigenvalue weighted by molar-refractivity contribution is 0.414. The minimum atomic E-state index is -0.0258. The zero-order chi connectivity index (χ0) is 16.8. The van der Waals surface area contributed by atoms with Gasteiger partial charge < -0.3 is 10.6 Å². The highest BCUT2D eigenvalue weighted by Crippen LogP contribution is 2.21. The van der Waals surface area contributed by atoms with Gasteiger partial charge >= 0.3 is 0 Å². The number of hydrogen-bond donors (Lipinski definition) is 1. The number of hydrogen-bond acceptors (Lipinski definition) is 5. The van der Waals surface area contributed by atoms with Crippen molar-refractivity contribution in [2.45, 2.75) is 24.3 Å². The lowest BCUT2D eigenvalue weighted by Crippen LogP contribution is -2.37. The third kappa shape index (κ3) is 4.39. The molecular weight excluding hydrogens is 320 g/mol. The Morgan fingerprint density at radius 3 is 2.62 bits per heavy atom. The molecule has 5 nitrogen and oxygen atoms in total. The van der Waals surface area contributed by atoms with Gasteiger partial charge in [0.25, 0.3) is 5.56 Å². The fraction of sp³-hybridized carbons (Fsp3) is 0.444. The Kier molecular flexibility index (Phi) is 5.93. The Morgan fingerprint density at radius 2 is 1.96 bits per heavy atom. The predicted octanol–water partition coefficient (Wildman–Crippen LogP) is 2.21. The maximum Gasteiger partial charge on any atom is 0.268 e. The van der Waals surface area contributed by atoms with Gasteiger partial charge in [0.05, 0.1) is 18.4 Å². The van der Waals surface area contributed by atoms with Crippen molar-refractivity contribution in [1.82, 2.24) is 9.78 Å². The van der Waals surface area contributed by atoms with Gasteiger partial charge in [-0.15, -0.1) is 11.8 Å². The third-order valence-electron chi connectivity index (χ3n) is 4.48. The molecule has 3 rings (SSSR count). The second-order valence-corrected chi connectivity index (χ2v) is 7.27. The van der Waals surface area contributed by atoms with E-state index < -0.39 is 0 Å². The summed E-state index contributed by atoms with van der Waals surface area (Å²) in [5, 5.41) is 4.35. The summed E-state index contributed by atoms with van der Waals surface area (Å²) in [6, 6.07) is 11.9. The van der Waals surface area contributed by atoms with Gasteiger partial charge in [-0.05, 0) is 37.4 Å². The molecule has 1 saturated heterocycles. The van der Waals surface area contributed by atoms with E-state index in [1.54, 1.807) is 22.5 Å². The zero-order valence-electron chi connectivity index (χ0n) is 13.8. The van der Waals surface area contributed by atoms with Crippen molar-refractivity contribution < 1.29 is 0 Å². The van der Waals surface area contributed by atoms with Crippen LogP contribution < -0.4 is 16.2 Å². The average Bonchev–Trinajstić information content (AvgIpc) is 2.64. The molecule has 0 amide bonds. The summed E-state index contributed by atoms with van der Waals surface area (Å²) in [6.07, 6.45) is 4.00. The predicted molar refractivity (Wildman–Crippen MR) is 99.7 cm³/mol. The van der Waals surface area contributed by atoms with Crippen LogP contribution in [-0.4, -0.2) is 35.2 Å². The van der Waals surface area contributed by atoms with E-state index in [2.05, 4.69) is 22.1 Å². The first kappa shape index (κ1) is 17.0. The third-order valence-corrected chi connectivity index (χ3v) is 5.48. The molecule has 0 atom stereocenters. The molecule has 0 bridgehead atoms. The topological polar surface area (TPSA) is 64.2 Å². The van der Waals surface area contributed by atoms with Crippen molar-refractivity contribution in [3.05, 3.63) is 52.9 Å². The van der Waals surface area contributed by atoms with Gasteiger partial charge in [-0.25, -0.2) is 4.68 Å². The molecular formula is C18H24N4OS. The summed E-state index contributed by atoms with van der Waals surface area (Å²) in [5.41, 5.74) is 6.64. The van der Waals surface area contributed by atoms with Gasteiger partial charge in [0.1, 0.15) is 0 Å². The van der Waals surface area contributed by atoms with E-state index >= 15 is 0 Å². The van der Waals surface area contributed by atoms with E-state index in [-0.39, 0.29) is 5.56 Å². The number of rotatable bonds is 6. The number of piperidine rings is 1. The monoisotopic (exact) mass is 344 g/mol. The van der Waals surface area contributed by atoms with E-state index in [0.29, 0.717) is 12.5 Å². The molecule has 0 spiro atoms. The smallest absolute Gasteiger partial charge is 0.268 e. The number of benzene rings is 1. The molecule has 1 aromatic heterocycles. The summed E-state index contributed by atoms with van der Waals surface area (Å²) in [5.74, 6) is 1.45. The van der Waals surface area contributed by atoms with Gasteiger partial charge in [0.2, 0.25) is 0 Å². The van der Waals surface area contributed by atoms with Crippen LogP contribution in [0.3, 0.4) is 0 Å². The van der Waals surface area contributed by atoms with E-state index in [1.165, 1.54) is 4.90 Å². The van der Waals surface area contributed by atoms with E-state index in [1.807, 2.05) is 24.4 Å². The van der Waals surface area contributed by atoms with Gasteiger partial charge in [-0.1, -0.05) is 18.2 Å². The van der Waals surface area contributed by atoms with Crippen LogP contribution in [0.2, 0.25) is 0 Å². The van der Waals surface area contributed by atoms with Gasteiger partial charge in [-0.3, -0.25) is 4.79 Å². The largest absolute Gasteiger partial charge is 0.370 e. The minimum absolute atomic E-state index is 0.0258. The molecule has 1 fully saturated rings. The van der Waals surface area contributed by atoms with Crippen molar-refractivity contribution in [1.29, 1.82) is 0 Å². The fourth-order valence-corrected chi connectivity index (χ4v) is 3.81. The summed E-state index contributed by atoms with van der Waals surface area (Å²) in [7, 11) is 0. The molecule has 1 aliphatic heterocycles. The molecule has 128 valence electrons. The molecule has 0 radical (unpaired) electrons. The molecule has 6 heteroatoms. The number of thioether (sulfide) groups is 1. The Labute approximate surface area is 146 Å². The highest BCUT2D eigenvalue weighted by Gasteiger charge is 2.18. The lowest BCUT2D eigenvalue weighted by Gasteiger charge is -2.32. The Morgan fingerprint density at radius 1 is 1.21 bits per heavy atom. The average molecular weight is 344 g/mol. The summed E-state index contributed by atoms with van der Waals surface area (Å²) >= 11 is 1.74. The Hall–Kier alpha value is -1.79. The summed E-state index contributed by atoms with van der Waals surface area (Å²) in [4.78, 5) is 15.7. The molecule has 0 saturated carbocycles. The van der Waals surface area contributed by atoms with Crippen LogP contribution in [0, 0.1) is 5.92 Å². The number of nitrogens with two attached hydrogens (primary N) is 1. The summed E-state index contributed by atoms with van der Waals surface area (Å²) in [6.45, 7) is 3.29. The Balaban J connectivity index is 1.56. The molecule has 1 aliphatic rings. The standard InChI is InChI=1S/C18H24N4OS/c19-13-15-6-8-21(9-7-15)16-12-18(23)22(20-14-16)10-11-24-17-4-2-1-3-5-17/h1-5,12,14-15H,6-11,13,19H2. The van der Waals surface area contributed by atoms with Crippen LogP contribution in [0.25, 0.3) is 0 Å². The second kappa shape index (κ2) is 8.35. The van der Waals surface area contributed by atoms with E-state index in [4.69, 9.17) is 5.73 Å². The van der Waals surface area contributed by atoms with Crippen molar-refractivity contribution in [2.24, 2.45) is 11.7 Å². The first-order valence-electron chi connectivity index (χ1n) is 8.46. The van der Waals surface area contributed by atoms with Crippen LogP contribution in [0.1, 0.15) is 12.8 Å². The van der Waals surface area contributed by atoms with Crippen LogP contribution >= 0.6 is 11.8 Å². The van der Waals surface area contributed by atoms with Crippen LogP contribution in [-0.2, 0) is 6.54 Å². The van der Waals surface area contributed by atoms with Crippen molar-refractivity contribution >= 4 is 17.4 Å². The van der Waals surface area contributed by atoms with Gasteiger partial charge in [0.15, 0.2) is 0 Å². The molecule has 2 aromatic rings. The molecule has 0 unspecified atom stereocenters. The SMILES string of the molecule is NCC1CCN(c2cnn(CCSc3ccccc3)c(=O)c2)CC1. The van der Waals surface area contributed by atoms with E-state index in [0.717, 1.165) is 43.9 Å². The maximum absolute atomic E-state index is 12.3. The number of anilines is 1. The number of aryl methyl sites for hydroxylation is 1. The number of nitrogens with zero attached hydrogens (tertiary/aromatic N) is 3. The number of aromatic nitrogens is 2. The van der Waals surface area contributed by atoms with Gasteiger partial charge in [0, 0.05) is 29.8 Å². The molecule has 0 aliphatic carbocycles. The van der Waals surface area contributed by atoms with Crippen LogP contribution in [0.5, 0.6) is 0 Å². The molecule has 2 heterocycles. The minimum Gasteiger partial charge on any atom is -0.370 e. The highest BCUT2D eigenvalue weighted by atomic mass is 32.2. The normalized spacial score (nSPS) is 15.6. The molecule has 1 aromatic carbocycles. The van der Waals surface area contributed by atoms with Gasteiger partial charge in [-0.2, -0.15) is 5.10 Å². The van der Waals surface area contributed by atoms with Crippen molar-refractivity contribution in [2.75, 3.05) is 30.3 Å². The van der Waals surface area contributed by atoms with Crippen molar-refractivity contribution in [3.8, 4) is 0 Å². The van der Waals surface area contributed by atoms with Crippen LogP contribution in [0.4, 0.5) is 5.69 Å². The highest BCUT2D eigenvalue weighted by molar-refractivity contribution is 7.99. The Bertz CT molecular complexity index is 696.